The molecule has 0 aliphatic carbocycles. The molecule has 2 N–H and O–H groups in total. The summed E-state index contributed by atoms with van der Waals surface area (Å²) in [5, 5.41) is 20.7. The number of methoxy groups -OCH3 is 1. The number of hydrogen-bond acceptors (Lipinski definition) is 6. The number of likely N-dealkylation sites (tertiary alicyclic amines) is 1. The van der Waals surface area contributed by atoms with Crippen LogP contribution in [-0.2, 0) is 20.7 Å². The van der Waals surface area contributed by atoms with Gasteiger partial charge in [0.2, 0.25) is 0 Å². The van der Waals surface area contributed by atoms with Gasteiger partial charge < -0.3 is 24.6 Å². The van der Waals surface area contributed by atoms with Gasteiger partial charge in [-0.05, 0) is 48.4 Å². The SMILES string of the molecule is COCCN1C(=O)C(=O)/C(=C(\O)c2ccc3c(c2)CC(C)O3)C1c1ccc(O)cc1. The number of carbonyl (C=O) groups excluding carboxylic acids is 2. The van der Waals surface area contributed by atoms with E-state index in [-0.39, 0.29) is 36.3 Å². The second-order valence-electron chi connectivity index (χ2n) is 7.53. The standard InChI is InChI=1S/C23H23NO6/c1-13-11-16-12-15(5-8-18(16)30-13)21(26)19-20(14-3-6-17(25)7-4-14)24(9-10-29-2)23(28)22(19)27/h3-8,12-13,20,25-26H,9-11H2,1-2H3/b21-19-. The number of carbonyl (C=O) groups is 2. The topological polar surface area (TPSA) is 96.3 Å². The van der Waals surface area contributed by atoms with Crippen LogP contribution in [0.4, 0.5) is 0 Å². The largest absolute Gasteiger partial charge is 0.508 e. The maximum atomic E-state index is 12.9. The number of phenols is 1. The molecule has 2 aliphatic rings. The number of ether oxygens (including phenoxy) is 2. The highest BCUT2D eigenvalue weighted by Crippen LogP contribution is 2.40. The molecule has 2 heterocycles. The average molecular weight is 409 g/mol. The number of nitrogens with zero attached hydrogens (tertiary/aromatic N) is 1. The zero-order chi connectivity index (χ0) is 21.4. The highest BCUT2D eigenvalue weighted by molar-refractivity contribution is 6.46. The maximum Gasteiger partial charge on any atom is 0.295 e. The van der Waals surface area contributed by atoms with E-state index in [9.17, 15) is 19.8 Å². The van der Waals surface area contributed by atoms with Crippen LogP contribution in [0.5, 0.6) is 11.5 Å². The van der Waals surface area contributed by atoms with Crippen molar-refractivity contribution in [3.05, 3.63) is 64.7 Å². The van der Waals surface area contributed by atoms with Crippen LogP contribution in [0.2, 0.25) is 0 Å². The Morgan fingerprint density at radius 1 is 1.20 bits per heavy atom. The fourth-order valence-corrected chi connectivity index (χ4v) is 4.03. The molecule has 156 valence electrons. The lowest BCUT2D eigenvalue weighted by Gasteiger charge is -2.25. The molecule has 2 atom stereocenters. The fraction of sp³-hybridized carbons (Fsp3) is 0.304. The summed E-state index contributed by atoms with van der Waals surface area (Å²) in [5.74, 6) is -0.833. The summed E-state index contributed by atoms with van der Waals surface area (Å²) < 4.78 is 10.8. The van der Waals surface area contributed by atoms with Crippen molar-refractivity contribution >= 4 is 17.4 Å². The van der Waals surface area contributed by atoms with E-state index in [1.54, 1.807) is 30.3 Å². The minimum atomic E-state index is -0.774. The lowest BCUT2D eigenvalue weighted by molar-refractivity contribution is -0.140. The van der Waals surface area contributed by atoms with Crippen LogP contribution in [-0.4, -0.2) is 53.2 Å². The first-order valence-corrected chi connectivity index (χ1v) is 9.77. The van der Waals surface area contributed by atoms with Gasteiger partial charge in [0, 0.05) is 25.6 Å². The van der Waals surface area contributed by atoms with Gasteiger partial charge in [0.1, 0.15) is 23.4 Å². The molecule has 30 heavy (non-hydrogen) atoms. The first kappa shape index (κ1) is 20.0. The van der Waals surface area contributed by atoms with Gasteiger partial charge in [-0.25, -0.2) is 0 Å². The van der Waals surface area contributed by atoms with Crippen molar-refractivity contribution in [3.63, 3.8) is 0 Å². The second-order valence-corrected chi connectivity index (χ2v) is 7.53. The summed E-state index contributed by atoms with van der Waals surface area (Å²) in [7, 11) is 1.51. The summed E-state index contributed by atoms with van der Waals surface area (Å²) in [6.07, 6.45) is 0.758. The van der Waals surface area contributed by atoms with E-state index in [4.69, 9.17) is 9.47 Å². The first-order chi connectivity index (χ1) is 14.4. The van der Waals surface area contributed by atoms with Crippen molar-refractivity contribution in [2.75, 3.05) is 20.3 Å². The molecule has 0 radical (unpaired) electrons. The van der Waals surface area contributed by atoms with E-state index >= 15 is 0 Å². The third-order valence-corrected chi connectivity index (χ3v) is 5.45. The van der Waals surface area contributed by atoms with Crippen LogP contribution in [0.25, 0.3) is 5.76 Å². The van der Waals surface area contributed by atoms with Gasteiger partial charge in [0.15, 0.2) is 0 Å². The number of amides is 1. The van der Waals surface area contributed by atoms with Crippen LogP contribution in [0, 0.1) is 0 Å². The van der Waals surface area contributed by atoms with E-state index in [0.717, 1.165) is 11.3 Å². The quantitative estimate of drug-likeness (QED) is 0.448. The molecule has 1 saturated heterocycles. The zero-order valence-electron chi connectivity index (χ0n) is 16.8. The molecule has 0 spiro atoms. The molecule has 0 aromatic heterocycles. The first-order valence-electron chi connectivity index (χ1n) is 9.77. The number of hydrogen-bond donors (Lipinski definition) is 2. The van der Waals surface area contributed by atoms with Gasteiger partial charge in [-0.15, -0.1) is 0 Å². The van der Waals surface area contributed by atoms with Crippen molar-refractivity contribution < 1.29 is 29.3 Å². The second kappa shape index (κ2) is 7.84. The van der Waals surface area contributed by atoms with E-state index < -0.39 is 17.7 Å². The Bertz CT molecular complexity index is 1030. The van der Waals surface area contributed by atoms with Crippen LogP contribution >= 0.6 is 0 Å². The minimum absolute atomic E-state index is 0.0220. The van der Waals surface area contributed by atoms with Crippen molar-refractivity contribution in [1.82, 2.24) is 4.90 Å². The molecule has 2 aromatic carbocycles. The molecule has 1 amide bonds. The number of ketones is 1. The highest BCUT2D eigenvalue weighted by atomic mass is 16.5. The Balaban J connectivity index is 1.82. The number of rotatable bonds is 5. The molecule has 2 aromatic rings. The van der Waals surface area contributed by atoms with Crippen LogP contribution < -0.4 is 4.74 Å². The fourth-order valence-electron chi connectivity index (χ4n) is 4.03. The predicted octanol–water partition coefficient (Wildman–Crippen LogP) is 2.78. The minimum Gasteiger partial charge on any atom is -0.508 e. The summed E-state index contributed by atoms with van der Waals surface area (Å²) in [6, 6.07) is 10.7. The molecular formula is C23H23NO6. The molecule has 0 bridgehead atoms. The molecule has 7 heteroatoms. The van der Waals surface area contributed by atoms with Gasteiger partial charge in [-0.2, -0.15) is 0 Å². The van der Waals surface area contributed by atoms with Crippen molar-refractivity contribution in [1.29, 1.82) is 0 Å². The molecule has 0 saturated carbocycles. The predicted molar refractivity (Wildman–Crippen MR) is 109 cm³/mol. The van der Waals surface area contributed by atoms with Crippen molar-refractivity contribution in [3.8, 4) is 11.5 Å². The molecule has 7 nitrogen and oxygen atoms in total. The summed E-state index contributed by atoms with van der Waals surface area (Å²) in [4.78, 5) is 27.0. The zero-order valence-corrected chi connectivity index (χ0v) is 16.8. The lowest BCUT2D eigenvalue weighted by Crippen LogP contribution is -2.32. The van der Waals surface area contributed by atoms with Crippen LogP contribution in [0.15, 0.2) is 48.0 Å². The van der Waals surface area contributed by atoms with E-state index in [1.807, 2.05) is 6.92 Å². The molecule has 1 fully saturated rings. The monoisotopic (exact) mass is 409 g/mol. The number of aliphatic hydroxyl groups excluding tert-OH is 1. The summed E-state index contributed by atoms with van der Waals surface area (Å²) in [6.45, 7) is 2.40. The Hall–Kier alpha value is -3.32. The van der Waals surface area contributed by atoms with Crippen LogP contribution in [0.3, 0.4) is 0 Å². The number of aliphatic hydroxyl groups is 1. The molecular weight excluding hydrogens is 386 g/mol. The normalized spacial score (nSPS) is 22.3. The van der Waals surface area contributed by atoms with E-state index in [1.165, 1.54) is 24.1 Å². The Morgan fingerprint density at radius 3 is 2.63 bits per heavy atom. The lowest BCUT2D eigenvalue weighted by atomic mass is 9.94. The van der Waals surface area contributed by atoms with Gasteiger partial charge in [-0.1, -0.05) is 12.1 Å². The van der Waals surface area contributed by atoms with Gasteiger partial charge >= 0.3 is 0 Å². The third-order valence-electron chi connectivity index (χ3n) is 5.45. The van der Waals surface area contributed by atoms with E-state index in [0.29, 0.717) is 17.5 Å². The number of aromatic hydroxyl groups is 1. The average Bonchev–Trinajstić information content (AvgIpc) is 3.22. The Labute approximate surface area is 174 Å². The molecule has 4 rings (SSSR count). The van der Waals surface area contributed by atoms with Gasteiger partial charge in [0.25, 0.3) is 11.7 Å². The maximum absolute atomic E-state index is 12.9. The van der Waals surface area contributed by atoms with Gasteiger partial charge in [0.05, 0.1) is 18.2 Å². The van der Waals surface area contributed by atoms with E-state index in [2.05, 4.69) is 0 Å². The summed E-state index contributed by atoms with van der Waals surface area (Å²) in [5.41, 5.74) is 2.04. The molecule has 2 aliphatic heterocycles. The van der Waals surface area contributed by atoms with Crippen LogP contribution in [0.1, 0.15) is 29.7 Å². The van der Waals surface area contributed by atoms with Crippen molar-refractivity contribution in [2.24, 2.45) is 0 Å². The number of fused-ring (bicyclic) bond motifs is 1. The molecule has 2 unspecified atom stereocenters. The van der Waals surface area contributed by atoms with Crippen molar-refractivity contribution in [2.45, 2.75) is 25.5 Å². The third kappa shape index (κ3) is 3.41. The number of benzene rings is 2. The number of phenolic OH excluding ortho intramolecular Hbond substituents is 1. The summed E-state index contributed by atoms with van der Waals surface area (Å²) >= 11 is 0. The highest BCUT2D eigenvalue weighted by Gasteiger charge is 2.45. The van der Waals surface area contributed by atoms with Gasteiger partial charge in [-0.3, -0.25) is 9.59 Å². The number of Topliss-reactive ketones (excluding diaryl/α,β-unsaturated/α-hetero) is 1. The Morgan fingerprint density at radius 2 is 1.93 bits per heavy atom. The Kier molecular flexibility index (Phi) is 5.22. The smallest absolute Gasteiger partial charge is 0.295 e.